The highest BCUT2D eigenvalue weighted by Gasteiger charge is 2.21. The lowest BCUT2D eigenvalue weighted by Crippen LogP contribution is -2.23. The number of hydrogen-bond donors (Lipinski definition) is 2. The predicted octanol–water partition coefficient (Wildman–Crippen LogP) is 4.05. The van der Waals surface area contributed by atoms with Gasteiger partial charge in [0.25, 0.3) is 0 Å². The average Bonchev–Trinajstić information content (AvgIpc) is 3.06. The number of benzene rings is 2. The van der Waals surface area contributed by atoms with Crippen molar-refractivity contribution in [3.05, 3.63) is 70.2 Å². The number of hydrogen-bond acceptors (Lipinski definition) is 5. The van der Waals surface area contributed by atoms with Crippen molar-refractivity contribution in [1.82, 2.24) is 4.98 Å². The molecule has 1 atom stereocenters. The summed E-state index contributed by atoms with van der Waals surface area (Å²) in [6.45, 7) is 4.39. The Bertz CT molecular complexity index is 1010. The zero-order chi connectivity index (χ0) is 21.0. The van der Waals surface area contributed by atoms with E-state index in [4.69, 9.17) is 15.6 Å². The van der Waals surface area contributed by atoms with E-state index < -0.39 is 17.8 Å². The second-order valence-corrected chi connectivity index (χ2v) is 7.89. The number of thiazole rings is 1. The van der Waals surface area contributed by atoms with Gasteiger partial charge in [0, 0.05) is 5.56 Å². The Balaban J connectivity index is 1.68. The van der Waals surface area contributed by atoms with Crippen molar-refractivity contribution in [2.75, 3.05) is 0 Å². The van der Waals surface area contributed by atoms with Crippen LogP contribution in [-0.2, 0) is 16.2 Å². The van der Waals surface area contributed by atoms with Crippen molar-refractivity contribution in [2.24, 2.45) is 5.73 Å². The standard InChI is InChI=1S/C22H22N2O4S/c1-13-3-5-16(6-4-13)22-24-14(2)19(29-22)12-28-17-9-7-15(8-10-17)18(21(23)27)11-20(25)26/h3-10,18H,11-12H2,1-2H3,(H2,23,27)(H,25,26)/t18-/m0/s1. The molecule has 0 saturated carbocycles. The lowest BCUT2D eigenvalue weighted by Gasteiger charge is -2.12. The van der Waals surface area contributed by atoms with Crippen molar-refractivity contribution in [2.45, 2.75) is 32.8 Å². The molecule has 0 radical (unpaired) electrons. The zero-order valence-corrected chi connectivity index (χ0v) is 17.0. The summed E-state index contributed by atoms with van der Waals surface area (Å²) in [4.78, 5) is 28.1. The number of nitrogens with zero attached hydrogens (tertiary/aromatic N) is 1. The minimum atomic E-state index is -1.07. The molecule has 0 bridgehead atoms. The normalized spacial score (nSPS) is 11.8. The van der Waals surface area contributed by atoms with Gasteiger partial charge in [-0.1, -0.05) is 42.0 Å². The van der Waals surface area contributed by atoms with Gasteiger partial charge in [-0.2, -0.15) is 0 Å². The Morgan fingerprint density at radius 2 is 1.76 bits per heavy atom. The van der Waals surface area contributed by atoms with Crippen LogP contribution in [0.1, 0.15) is 34.0 Å². The van der Waals surface area contributed by atoms with E-state index in [-0.39, 0.29) is 6.42 Å². The monoisotopic (exact) mass is 410 g/mol. The van der Waals surface area contributed by atoms with Gasteiger partial charge in [0.1, 0.15) is 17.4 Å². The SMILES string of the molecule is Cc1ccc(-c2nc(C)c(COc3ccc([C@H](CC(=O)O)C(N)=O)cc3)s2)cc1. The lowest BCUT2D eigenvalue weighted by atomic mass is 9.95. The molecular weight excluding hydrogens is 388 g/mol. The van der Waals surface area contributed by atoms with E-state index in [1.165, 1.54) is 5.56 Å². The van der Waals surface area contributed by atoms with Crippen molar-refractivity contribution in [3.63, 3.8) is 0 Å². The number of carbonyl (C=O) groups is 2. The average molecular weight is 410 g/mol. The molecule has 0 aliphatic heterocycles. The fourth-order valence-corrected chi connectivity index (χ4v) is 3.87. The molecule has 6 nitrogen and oxygen atoms in total. The highest BCUT2D eigenvalue weighted by molar-refractivity contribution is 7.15. The molecule has 0 saturated heterocycles. The van der Waals surface area contributed by atoms with Crippen LogP contribution in [-0.4, -0.2) is 22.0 Å². The van der Waals surface area contributed by atoms with E-state index >= 15 is 0 Å². The van der Waals surface area contributed by atoms with Crippen molar-refractivity contribution < 1.29 is 19.4 Å². The number of rotatable bonds is 8. The number of aliphatic carboxylic acids is 1. The van der Waals surface area contributed by atoms with Crippen LogP contribution in [0.2, 0.25) is 0 Å². The second-order valence-electron chi connectivity index (χ2n) is 6.80. The number of aryl methyl sites for hydroxylation is 2. The summed E-state index contributed by atoms with van der Waals surface area (Å²) in [5.74, 6) is -1.97. The van der Waals surface area contributed by atoms with Gasteiger partial charge >= 0.3 is 5.97 Å². The van der Waals surface area contributed by atoms with Gasteiger partial charge in [0.15, 0.2) is 0 Å². The maximum absolute atomic E-state index is 11.5. The Kier molecular flexibility index (Phi) is 6.29. The van der Waals surface area contributed by atoms with Gasteiger partial charge in [-0.15, -0.1) is 11.3 Å². The topological polar surface area (TPSA) is 103 Å². The maximum Gasteiger partial charge on any atom is 0.304 e. The molecule has 0 aliphatic carbocycles. The molecule has 0 aliphatic rings. The van der Waals surface area contributed by atoms with Gasteiger partial charge in [-0.25, -0.2) is 4.98 Å². The summed E-state index contributed by atoms with van der Waals surface area (Å²) < 4.78 is 5.86. The quantitative estimate of drug-likeness (QED) is 0.583. The van der Waals surface area contributed by atoms with E-state index in [2.05, 4.69) is 36.2 Å². The molecule has 3 aromatic rings. The van der Waals surface area contributed by atoms with Gasteiger partial charge < -0.3 is 15.6 Å². The van der Waals surface area contributed by atoms with Gasteiger partial charge in [-0.05, 0) is 31.5 Å². The molecule has 0 unspecified atom stereocenters. The first-order valence-electron chi connectivity index (χ1n) is 9.10. The number of carboxylic acids is 1. The third-order valence-corrected chi connectivity index (χ3v) is 5.75. The summed E-state index contributed by atoms with van der Waals surface area (Å²) in [5, 5.41) is 9.90. The lowest BCUT2D eigenvalue weighted by molar-refractivity contribution is -0.139. The first-order chi connectivity index (χ1) is 13.8. The maximum atomic E-state index is 11.5. The van der Waals surface area contributed by atoms with Crippen molar-refractivity contribution in [3.8, 4) is 16.3 Å². The molecular formula is C22H22N2O4S. The fourth-order valence-electron chi connectivity index (χ4n) is 2.88. The minimum Gasteiger partial charge on any atom is -0.488 e. The highest BCUT2D eigenvalue weighted by Crippen LogP contribution is 2.29. The third kappa shape index (κ3) is 5.20. The molecule has 1 heterocycles. The molecule has 150 valence electrons. The molecule has 29 heavy (non-hydrogen) atoms. The van der Waals surface area contributed by atoms with E-state index in [1.807, 2.05) is 6.92 Å². The number of carboxylic acid groups (broad SMARTS) is 1. The predicted molar refractivity (Wildman–Crippen MR) is 112 cm³/mol. The number of nitrogens with two attached hydrogens (primary N) is 1. The first kappa shape index (κ1) is 20.5. The number of amides is 1. The van der Waals surface area contributed by atoms with E-state index in [1.54, 1.807) is 35.6 Å². The summed E-state index contributed by atoms with van der Waals surface area (Å²) >= 11 is 1.59. The Hall–Kier alpha value is -3.19. The number of ether oxygens (including phenoxy) is 1. The minimum absolute atomic E-state index is 0.336. The van der Waals surface area contributed by atoms with E-state index in [0.717, 1.165) is 21.1 Å². The molecule has 7 heteroatoms. The smallest absolute Gasteiger partial charge is 0.304 e. The van der Waals surface area contributed by atoms with Crippen LogP contribution in [0, 0.1) is 13.8 Å². The summed E-state index contributed by atoms with van der Waals surface area (Å²) in [5.41, 5.74) is 9.10. The molecule has 3 rings (SSSR count). The van der Waals surface area contributed by atoms with Gasteiger partial charge in [0.05, 0.1) is 22.9 Å². The molecule has 1 amide bonds. The molecule has 1 aromatic heterocycles. The largest absolute Gasteiger partial charge is 0.488 e. The Morgan fingerprint density at radius 1 is 1.10 bits per heavy atom. The summed E-state index contributed by atoms with van der Waals surface area (Å²) in [6, 6.07) is 15.0. The first-order valence-corrected chi connectivity index (χ1v) is 9.92. The fraction of sp³-hybridized carbons (Fsp3) is 0.227. The summed E-state index contributed by atoms with van der Waals surface area (Å²) in [6.07, 6.45) is -0.336. The number of primary amides is 1. The Labute approximate surface area is 173 Å². The van der Waals surface area contributed by atoms with E-state index in [0.29, 0.717) is 17.9 Å². The van der Waals surface area contributed by atoms with Gasteiger partial charge in [-0.3, -0.25) is 9.59 Å². The Morgan fingerprint density at radius 3 is 2.34 bits per heavy atom. The zero-order valence-electron chi connectivity index (χ0n) is 16.2. The molecule has 3 N–H and O–H groups in total. The van der Waals surface area contributed by atoms with Crippen LogP contribution >= 0.6 is 11.3 Å². The van der Waals surface area contributed by atoms with E-state index in [9.17, 15) is 9.59 Å². The molecule has 0 spiro atoms. The van der Waals surface area contributed by atoms with Crippen LogP contribution in [0.4, 0.5) is 0 Å². The second kappa shape index (κ2) is 8.87. The van der Waals surface area contributed by atoms with Crippen LogP contribution in [0.5, 0.6) is 5.75 Å². The number of aromatic nitrogens is 1. The molecule has 2 aromatic carbocycles. The van der Waals surface area contributed by atoms with Crippen LogP contribution in [0.25, 0.3) is 10.6 Å². The third-order valence-electron chi connectivity index (χ3n) is 4.57. The van der Waals surface area contributed by atoms with Crippen molar-refractivity contribution >= 4 is 23.2 Å². The summed E-state index contributed by atoms with van der Waals surface area (Å²) in [7, 11) is 0. The van der Waals surface area contributed by atoms with Gasteiger partial charge in [0.2, 0.25) is 5.91 Å². The van der Waals surface area contributed by atoms with Crippen LogP contribution in [0.3, 0.4) is 0 Å². The molecule has 0 fully saturated rings. The number of carbonyl (C=O) groups excluding carboxylic acids is 1. The highest BCUT2D eigenvalue weighted by atomic mass is 32.1. The van der Waals surface area contributed by atoms with Crippen molar-refractivity contribution in [1.29, 1.82) is 0 Å². The van der Waals surface area contributed by atoms with Crippen LogP contribution in [0.15, 0.2) is 48.5 Å². The van der Waals surface area contributed by atoms with Crippen LogP contribution < -0.4 is 10.5 Å².